The van der Waals surface area contributed by atoms with Gasteiger partial charge in [0.15, 0.2) is 5.16 Å². The fraction of sp³-hybridized carbons (Fsp3) is 0.333. The van der Waals surface area contributed by atoms with Crippen molar-refractivity contribution in [2.75, 3.05) is 0 Å². The van der Waals surface area contributed by atoms with Crippen LogP contribution in [0, 0.1) is 17.2 Å². The van der Waals surface area contributed by atoms with Gasteiger partial charge in [-0.3, -0.25) is 9.36 Å². The lowest BCUT2D eigenvalue weighted by Crippen LogP contribution is -2.27. The van der Waals surface area contributed by atoms with Gasteiger partial charge in [0, 0.05) is 10.6 Å². The van der Waals surface area contributed by atoms with Crippen LogP contribution in [0.25, 0.3) is 15.9 Å². The van der Waals surface area contributed by atoms with E-state index >= 15 is 0 Å². The van der Waals surface area contributed by atoms with Crippen molar-refractivity contribution in [1.82, 2.24) is 9.55 Å². The molecule has 0 amide bonds. The monoisotopic (exact) mass is 478 g/mol. The molecule has 0 N–H and O–H groups in total. The van der Waals surface area contributed by atoms with Crippen molar-refractivity contribution in [2.24, 2.45) is 11.3 Å². The first-order chi connectivity index (χ1) is 15.8. The van der Waals surface area contributed by atoms with Crippen LogP contribution in [0.3, 0.4) is 0 Å². The summed E-state index contributed by atoms with van der Waals surface area (Å²) < 4.78 is 15.1. The lowest BCUT2D eigenvalue weighted by Gasteiger charge is -2.33. The Morgan fingerprint density at radius 1 is 1.12 bits per heavy atom. The molecule has 0 bridgehead atoms. The lowest BCUT2D eigenvalue weighted by atomic mass is 9.72. The minimum atomic E-state index is -0.248. The van der Waals surface area contributed by atoms with Gasteiger partial charge < -0.3 is 0 Å². The van der Waals surface area contributed by atoms with E-state index in [1.807, 2.05) is 30.3 Å². The smallest absolute Gasteiger partial charge is 0.267 e. The third-order valence-electron chi connectivity index (χ3n) is 6.57. The molecule has 0 saturated carbocycles. The van der Waals surface area contributed by atoms with Crippen molar-refractivity contribution in [3.63, 3.8) is 0 Å². The quantitative estimate of drug-likeness (QED) is 0.233. The van der Waals surface area contributed by atoms with Crippen molar-refractivity contribution in [1.29, 1.82) is 0 Å². The first-order valence-electron chi connectivity index (χ1n) is 11.3. The van der Waals surface area contributed by atoms with E-state index in [0.717, 1.165) is 40.7 Å². The van der Waals surface area contributed by atoms with Crippen LogP contribution in [0.4, 0.5) is 4.39 Å². The summed E-state index contributed by atoms with van der Waals surface area (Å²) in [4.78, 5) is 21.1. The molecule has 0 spiro atoms. The van der Waals surface area contributed by atoms with Crippen molar-refractivity contribution < 1.29 is 4.39 Å². The van der Waals surface area contributed by atoms with E-state index in [4.69, 9.17) is 4.98 Å². The largest absolute Gasteiger partial charge is 0.268 e. The zero-order valence-electron chi connectivity index (χ0n) is 19.1. The summed E-state index contributed by atoms with van der Waals surface area (Å²) in [7, 11) is 0. The average molecular weight is 479 g/mol. The van der Waals surface area contributed by atoms with Crippen LogP contribution in [-0.4, -0.2) is 9.55 Å². The maximum Gasteiger partial charge on any atom is 0.267 e. The Hall–Kier alpha value is -2.44. The molecule has 2 heterocycles. The molecule has 2 aromatic carbocycles. The van der Waals surface area contributed by atoms with E-state index in [2.05, 4.69) is 20.8 Å². The number of hydrogen-bond donors (Lipinski definition) is 0. The van der Waals surface area contributed by atoms with Crippen LogP contribution in [0.1, 0.15) is 43.2 Å². The molecule has 2 aromatic heterocycles. The second kappa shape index (κ2) is 8.73. The van der Waals surface area contributed by atoms with E-state index in [0.29, 0.717) is 16.8 Å². The van der Waals surface area contributed by atoms with Crippen molar-refractivity contribution in [2.45, 2.75) is 50.9 Å². The SMILES string of the molecule is CC(C)(C)[C@H]1CCc2c(sc3nc(SCc4ccc(F)cc4)n(-c4ccccc4)c(=O)c23)C1. The molecule has 170 valence electrons. The standard InChI is InChI=1S/C27H27FN2OS2/c1-27(2,3)18-11-14-21-22(15-18)33-24-23(21)25(31)30(20-7-5-4-6-8-20)26(29-24)32-16-17-9-12-19(28)13-10-17/h4-10,12-13,18H,11,14-16H2,1-3H3/t18-/m0/s1. The summed E-state index contributed by atoms with van der Waals surface area (Å²) >= 11 is 3.20. The number of para-hydroxylation sites is 1. The molecule has 1 atom stereocenters. The van der Waals surface area contributed by atoms with Crippen molar-refractivity contribution >= 4 is 33.3 Å². The van der Waals surface area contributed by atoms with E-state index < -0.39 is 0 Å². The third kappa shape index (κ3) is 4.38. The molecule has 0 unspecified atom stereocenters. The van der Waals surface area contributed by atoms with Crippen LogP contribution >= 0.6 is 23.1 Å². The first-order valence-corrected chi connectivity index (χ1v) is 13.1. The third-order valence-corrected chi connectivity index (χ3v) is 8.73. The predicted molar refractivity (Wildman–Crippen MR) is 136 cm³/mol. The van der Waals surface area contributed by atoms with Crippen molar-refractivity contribution in [3.8, 4) is 5.69 Å². The summed E-state index contributed by atoms with van der Waals surface area (Å²) in [6.45, 7) is 6.92. The topological polar surface area (TPSA) is 34.9 Å². The molecule has 33 heavy (non-hydrogen) atoms. The Morgan fingerprint density at radius 2 is 1.85 bits per heavy atom. The molecule has 0 radical (unpaired) electrons. The number of aromatic nitrogens is 2. The minimum Gasteiger partial charge on any atom is -0.268 e. The zero-order valence-corrected chi connectivity index (χ0v) is 20.7. The average Bonchev–Trinajstić information content (AvgIpc) is 3.16. The van der Waals surface area contributed by atoms with Crippen LogP contribution < -0.4 is 5.56 Å². The number of hydrogen-bond acceptors (Lipinski definition) is 4. The molecule has 3 nitrogen and oxygen atoms in total. The number of thiophene rings is 1. The fourth-order valence-corrected chi connectivity index (χ4v) is 6.88. The van der Waals surface area contributed by atoms with Gasteiger partial charge in [-0.2, -0.15) is 0 Å². The molecule has 0 saturated heterocycles. The first kappa shape index (κ1) is 22.4. The highest BCUT2D eigenvalue weighted by molar-refractivity contribution is 7.98. The van der Waals surface area contributed by atoms with Gasteiger partial charge in [-0.1, -0.05) is 62.9 Å². The molecule has 1 aliphatic rings. The Morgan fingerprint density at radius 3 is 2.55 bits per heavy atom. The number of rotatable bonds is 4. The van der Waals surface area contributed by atoms with Crippen LogP contribution in [0.15, 0.2) is 64.5 Å². The van der Waals surface area contributed by atoms with Crippen LogP contribution in [0.2, 0.25) is 0 Å². The van der Waals surface area contributed by atoms with E-state index in [1.165, 1.54) is 34.3 Å². The van der Waals surface area contributed by atoms with Gasteiger partial charge in [-0.15, -0.1) is 11.3 Å². The van der Waals surface area contributed by atoms with Gasteiger partial charge in [-0.05, 0) is 66.0 Å². The Bertz CT molecular complexity index is 1350. The predicted octanol–water partition coefficient (Wildman–Crippen LogP) is 7.03. The van der Waals surface area contributed by atoms with Gasteiger partial charge >= 0.3 is 0 Å². The number of nitrogens with zero attached hydrogens (tertiary/aromatic N) is 2. The molecular formula is C27H27FN2OS2. The highest BCUT2D eigenvalue weighted by Crippen LogP contribution is 2.42. The van der Waals surface area contributed by atoms with E-state index in [-0.39, 0.29) is 16.8 Å². The van der Waals surface area contributed by atoms with Gasteiger partial charge in [0.1, 0.15) is 10.6 Å². The maximum atomic E-state index is 13.9. The molecule has 6 heteroatoms. The summed E-state index contributed by atoms with van der Waals surface area (Å²) in [5.41, 5.74) is 3.28. The molecule has 0 aliphatic heterocycles. The van der Waals surface area contributed by atoms with E-state index in [1.54, 1.807) is 28.0 Å². The minimum absolute atomic E-state index is 0.0134. The summed E-state index contributed by atoms with van der Waals surface area (Å²) in [6.07, 6.45) is 3.06. The molecule has 5 rings (SSSR count). The van der Waals surface area contributed by atoms with Crippen LogP contribution in [0.5, 0.6) is 0 Å². The Kier molecular flexibility index (Phi) is 5.91. The molecular weight excluding hydrogens is 451 g/mol. The molecule has 4 aromatic rings. The van der Waals surface area contributed by atoms with Gasteiger partial charge in [0.2, 0.25) is 0 Å². The normalized spacial score (nSPS) is 16.2. The Labute approximate surface area is 201 Å². The number of benzene rings is 2. The Balaban J connectivity index is 1.61. The highest BCUT2D eigenvalue weighted by atomic mass is 32.2. The van der Waals surface area contributed by atoms with E-state index in [9.17, 15) is 9.18 Å². The second-order valence-electron chi connectivity index (χ2n) is 9.78. The lowest BCUT2D eigenvalue weighted by molar-refractivity contribution is 0.218. The van der Waals surface area contributed by atoms with Gasteiger partial charge in [0.25, 0.3) is 5.56 Å². The summed E-state index contributed by atoms with van der Waals surface area (Å²) in [5, 5.41) is 1.46. The number of thioether (sulfide) groups is 1. The number of halogens is 1. The fourth-order valence-electron chi connectivity index (χ4n) is 4.58. The number of aryl methyl sites for hydroxylation is 1. The van der Waals surface area contributed by atoms with Crippen LogP contribution in [-0.2, 0) is 18.6 Å². The molecule has 1 aliphatic carbocycles. The van der Waals surface area contributed by atoms with Gasteiger partial charge in [-0.25, -0.2) is 9.37 Å². The maximum absolute atomic E-state index is 13.9. The molecule has 0 fully saturated rings. The zero-order chi connectivity index (χ0) is 23.2. The summed E-state index contributed by atoms with van der Waals surface area (Å²) in [5.74, 6) is 0.978. The van der Waals surface area contributed by atoms with Gasteiger partial charge in [0.05, 0.1) is 11.1 Å². The van der Waals surface area contributed by atoms with Crippen molar-refractivity contribution in [3.05, 3.63) is 86.8 Å². The number of fused-ring (bicyclic) bond motifs is 3. The second-order valence-corrected chi connectivity index (χ2v) is 11.8. The summed E-state index contributed by atoms with van der Waals surface area (Å²) in [6, 6.07) is 16.2. The highest BCUT2D eigenvalue weighted by Gasteiger charge is 2.32.